The first kappa shape index (κ1) is 21.2. The summed E-state index contributed by atoms with van der Waals surface area (Å²) in [5.41, 5.74) is 1.46. The Morgan fingerprint density at radius 2 is 1.66 bits per heavy atom. The van der Waals surface area contributed by atoms with Gasteiger partial charge in [-0.25, -0.2) is 4.79 Å². The van der Waals surface area contributed by atoms with E-state index in [0.717, 1.165) is 11.3 Å². The van der Waals surface area contributed by atoms with Gasteiger partial charge in [0.2, 0.25) is 5.91 Å². The first-order valence-electron chi connectivity index (χ1n) is 9.73. The van der Waals surface area contributed by atoms with Gasteiger partial charge in [0, 0.05) is 36.6 Å². The molecule has 1 fully saturated rings. The molecule has 3 rings (SSSR count). The fourth-order valence-corrected chi connectivity index (χ4v) is 4.17. The summed E-state index contributed by atoms with van der Waals surface area (Å²) >= 11 is 5.99. The summed E-state index contributed by atoms with van der Waals surface area (Å²) in [6, 6.07) is 16.2. The number of amides is 3. The second-order valence-electron chi connectivity index (χ2n) is 8.62. The van der Waals surface area contributed by atoms with Gasteiger partial charge in [-0.2, -0.15) is 0 Å². The minimum Gasteiger partial charge on any atom is -0.323 e. The lowest BCUT2D eigenvalue weighted by atomic mass is 9.91. The molecule has 0 bridgehead atoms. The highest BCUT2D eigenvalue weighted by Gasteiger charge is 2.51. The number of carbonyl (C=O) groups excluding carboxylic acids is 2. The molecule has 0 aromatic heterocycles. The number of urea groups is 1. The molecule has 2 aromatic rings. The summed E-state index contributed by atoms with van der Waals surface area (Å²) in [5.74, 6) is -0.0355. The Morgan fingerprint density at radius 3 is 2.21 bits per heavy atom. The van der Waals surface area contributed by atoms with Gasteiger partial charge in [0.1, 0.15) is 12.2 Å². The largest absolute Gasteiger partial charge is 0.326 e. The van der Waals surface area contributed by atoms with E-state index in [1.54, 1.807) is 53.1 Å². The maximum Gasteiger partial charge on any atom is 0.326 e. The molecule has 1 saturated heterocycles. The molecule has 2 aromatic carbocycles. The fraction of sp³-hybridized carbons (Fsp3) is 0.391. The molecule has 1 aliphatic heterocycles. The second-order valence-corrected chi connectivity index (χ2v) is 9.06. The van der Waals surface area contributed by atoms with Crippen LogP contribution in [0.4, 0.5) is 10.5 Å². The molecule has 0 spiro atoms. The molecule has 5 nitrogen and oxygen atoms in total. The van der Waals surface area contributed by atoms with E-state index in [1.165, 1.54) is 0 Å². The van der Waals surface area contributed by atoms with Crippen LogP contribution in [0.3, 0.4) is 0 Å². The van der Waals surface area contributed by atoms with Crippen LogP contribution in [0.15, 0.2) is 54.6 Å². The molecule has 2 unspecified atom stereocenters. The van der Waals surface area contributed by atoms with Crippen molar-refractivity contribution >= 4 is 29.2 Å². The third kappa shape index (κ3) is 4.25. The first-order chi connectivity index (χ1) is 13.6. The Morgan fingerprint density at radius 1 is 1.07 bits per heavy atom. The fourth-order valence-electron chi connectivity index (χ4n) is 4.04. The average Bonchev–Trinajstić information content (AvgIpc) is 2.93. The molecular formula is C23H28ClN3O2. The third-order valence-electron chi connectivity index (χ3n) is 5.37. The molecule has 154 valence electrons. The van der Waals surface area contributed by atoms with Gasteiger partial charge >= 0.3 is 6.03 Å². The molecule has 0 aliphatic carbocycles. The van der Waals surface area contributed by atoms with Crippen LogP contribution in [-0.2, 0) is 11.2 Å². The lowest BCUT2D eigenvalue weighted by Crippen LogP contribution is -2.54. The summed E-state index contributed by atoms with van der Waals surface area (Å²) in [7, 11) is 3.51. The van der Waals surface area contributed by atoms with Crippen molar-refractivity contribution in [2.24, 2.45) is 5.41 Å². The lowest BCUT2D eigenvalue weighted by Gasteiger charge is -2.40. The van der Waals surface area contributed by atoms with Crippen molar-refractivity contribution in [3.63, 3.8) is 0 Å². The Bertz CT molecular complexity index is 877. The summed E-state index contributed by atoms with van der Waals surface area (Å²) in [6.07, 6.45) is 0.141. The van der Waals surface area contributed by atoms with Crippen molar-refractivity contribution in [1.29, 1.82) is 0 Å². The van der Waals surface area contributed by atoms with Crippen LogP contribution >= 0.6 is 11.6 Å². The molecule has 0 N–H and O–H groups in total. The molecule has 29 heavy (non-hydrogen) atoms. The average molecular weight is 414 g/mol. The molecule has 2 atom stereocenters. The Labute approximate surface area is 177 Å². The Balaban J connectivity index is 1.99. The molecule has 0 radical (unpaired) electrons. The number of hydrogen-bond acceptors (Lipinski definition) is 2. The highest BCUT2D eigenvalue weighted by Crippen LogP contribution is 2.36. The van der Waals surface area contributed by atoms with Gasteiger partial charge in [0.25, 0.3) is 0 Å². The van der Waals surface area contributed by atoms with E-state index in [4.69, 9.17) is 11.6 Å². The topological polar surface area (TPSA) is 43.9 Å². The zero-order valence-corrected chi connectivity index (χ0v) is 18.3. The summed E-state index contributed by atoms with van der Waals surface area (Å²) in [6.45, 7) is 6.15. The van der Waals surface area contributed by atoms with E-state index in [9.17, 15) is 9.59 Å². The Kier molecular flexibility index (Phi) is 5.90. The minimum atomic E-state index is -0.547. The quantitative estimate of drug-likeness (QED) is 0.734. The minimum absolute atomic E-state index is 0.0355. The number of nitrogens with zero attached hydrogens (tertiary/aromatic N) is 3. The van der Waals surface area contributed by atoms with E-state index in [-0.39, 0.29) is 23.5 Å². The number of anilines is 1. The normalized spacial score (nSPS) is 19.6. The molecule has 0 saturated carbocycles. The van der Waals surface area contributed by atoms with Crippen molar-refractivity contribution in [2.45, 2.75) is 39.4 Å². The highest BCUT2D eigenvalue weighted by molar-refractivity contribution is 6.30. The van der Waals surface area contributed by atoms with Gasteiger partial charge in [0.15, 0.2) is 0 Å². The molecule has 3 amide bonds. The van der Waals surface area contributed by atoms with E-state index >= 15 is 0 Å². The SMILES string of the molecule is CN(C(=O)N1C(Cc2ccccc2)C(=O)N(C)C1C(C)(C)C)c1ccc(Cl)cc1. The standard InChI is InChI=1S/C23H28ClN3O2/c1-23(2,3)21-26(5)20(28)19(15-16-9-7-6-8-10-16)27(21)22(29)25(4)18-13-11-17(24)12-14-18/h6-14,19,21H,15H2,1-5H3. The zero-order chi connectivity index (χ0) is 21.3. The van der Waals surface area contributed by atoms with Gasteiger partial charge in [-0.15, -0.1) is 0 Å². The van der Waals surface area contributed by atoms with Gasteiger partial charge in [-0.05, 0) is 29.8 Å². The van der Waals surface area contributed by atoms with Crippen LogP contribution in [0.1, 0.15) is 26.3 Å². The molecule has 6 heteroatoms. The maximum absolute atomic E-state index is 13.6. The predicted molar refractivity (Wildman–Crippen MR) is 117 cm³/mol. The van der Waals surface area contributed by atoms with Crippen LogP contribution in [0.25, 0.3) is 0 Å². The number of rotatable bonds is 3. The van der Waals surface area contributed by atoms with Gasteiger partial charge in [-0.3, -0.25) is 14.6 Å². The van der Waals surface area contributed by atoms with E-state index in [0.29, 0.717) is 11.4 Å². The first-order valence-corrected chi connectivity index (χ1v) is 10.1. The second kappa shape index (κ2) is 8.07. The van der Waals surface area contributed by atoms with Crippen LogP contribution in [0, 0.1) is 5.41 Å². The number of carbonyl (C=O) groups is 2. The van der Waals surface area contributed by atoms with Crippen molar-refractivity contribution < 1.29 is 9.59 Å². The van der Waals surface area contributed by atoms with Crippen LogP contribution < -0.4 is 4.90 Å². The summed E-state index contributed by atoms with van der Waals surface area (Å²) in [5, 5.41) is 0.611. The summed E-state index contributed by atoms with van der Waals surface area (Å²) < 4.78 is 0. The number of benzene rings is 2. The van der Waals surface area contributed by atoms with Crippen molar-refractivity contribution in [3.05, 3.63) is 65.2 Å². The maximum atomic E-state index is 13.6. The van der Waals surface area contributed by atoms with Crippen LogP contribution in [-0.4, -0.2) is 48.0 Å². The van der Waals surface area contributed by atoms with Crippen molar-refractivity contribution in [1.82, 2.24) is 9.80 Å². The molecule has 1 aliphatic rings. The summed E-state index contributed by atoms with van der Waals surface area (Å²) in [4.78, 5) is 31.8. The Hall–Kier alpha value is -2.53. The van der Waals surface area contributed by atoms with E-state index in [1.807, 2.05) is 30.3 Å². The number of likely N-dealkylation sites (N-methyl/N-ethyl adjacent to an activating group) is 1. The van der Waals surface area contributed by atoms with E-state index in [2.05, 4.69) is 20.8 Å². The van der Waals surface area contributed by atoms with Crippen molar-refractivity contribution in [3.8, 4) is 0 Å². The van der Waals surface area contributed by atoms with Crippen LogP contribution in [0.5, 0.6) is 0 Å². The van der Waals surface area contributed by atoms with Gasteiger partial charge in [-0.1, -0.05) is 62.7 Å². The molecule has 1 heterocycles. The monoisotopic (exact) mass is 413 g/mol. The lowest BCUT2D eigenvalue weighted by molar-refractivity contribution is -0.129. The zero-order valence-electron chi connectivity index (χ0n) is 17.6. The van der Waals surface area contributed by atoms with Gasteiger partial charge in [0.05, 0.1) is 0 Å². The predicted octanol–water partition coefficient (Wildman–Crippen LogP) is 4.65. The highest BCUT2D eigenvalue weighted by atomic mass is 35.5. The number of halogens is 1. The van der Waals surface area contributed by atoms with E-state index < -0.39 is 6.04 Å². The van der Waals surface area contributed by atoms with Crippen LogP contribution in [0.2, 0.25) is 5.02 Å². The third-order valence-corrected chi connectivity index (χ3v) is 5.62. The van der Waals surface area contributed by atoms with Crippen molar-refractivity contribution in [2.75, 3.05) is 19.0 Å². The smallest absolute Gasteiger partial charge is 0.323 e. The van der Waals surface area contributed by atoms with Gasteiger partial charge < -0.3 is 4.90 Å². The number of hydrogen-bond donors (Lipinski definition) is 0. The molecular weight excluding hydrogens is 386 g/mol.